The summed E-state index contributed by atoms with van der Waals surface area (Å²) < 4.78 is 28.2. The van der Waals surface area contributed by atoms with Crippen LogP contribution in [0.1, 0.15) is 62.1 Å². The second kappa shape index (κ2) is 8.21. The Morgan fingerprint density at radius 2 is 1.68 bits per heavy atom. The molecule has 0 amide bonds. The van der Waals surface area contributed by atoms with Crippen molar-refractivity contribution in [3.05, 3.63) is 53.7 Å². The van der Waals surface area contributed by atoms with Crippen LogP contribution in [-0.4, -0.2) is 30.3 Å². The summed E-state index contributed by atoms with van der Waals surface area (Å²) in [6.45, 7) is 2.52. The van der Waals surface area contributed by atoms with Crippen molar-refractivity contribution in [2.75, 3.05) is 11.9 Å². The number of aryl methyl sites for hydroxylation is 1. The summed E-state index contributed by atoms with van der Waals surface area (Å²) in [6, 6.07) is 11.6. The van der Waals surface area contributed by atoms with E-state index in [0.29, 0.717) is 17.5 Å². The Kier molecular flexibility index (Phi) is 5.69. The monoisotopic (exact) mass is 399 g/mol. The first kappa shape index (κ1) is 19.4. The lowest BCUT2D eigenvalue weighted by molar-refractivity contribution is 0.255. The molecule has 6 heteroatoms. The molecular weight excluding hydrogens is 370 g/mol. The molecule has 2 fully saturated rings. The Hall–Kier alpha value is -1.92. The highest BCUT2D eigenvalue weighted by molar-refractivity contribution is 7.89. The van der Waals surface area contributed by atoms with Crippen molar-refractivity contribution < 1.29 is 8.42 Å². The van der Waals surface area contributed by atoms with Gasteiger partial charge in [-0.2, -0.15) is 4.31 Å². The molecule has 28 heavy (non-hydrogen) atoms. The van der Waals surface area contributed by atoms with Crippen molar-refractivity contribution in [3.63, 3.8) is 0 Å². The molecule has 4 rings (SSSR count). The molecular formula is C22H29N3O2S. The van der Waals surface area contributed by atoms with Crippen molar-refractivity contribution in [1.82, 2.24) is 9.29 Å². The molecule has 1 saturated heterocycles. The van der Waals surface area contributed by atoms with E-state index >= 15 is 0 Å². The highest BCUT2D eigenvalue weighted by atomic mass is 32.2. The summed E-state index contributed by atoms with van der Waals surface area (Å²) in [5.41, 5.74) is 2.04. The number of hydrogen-bond acceptors (Lipinski definition) is 4. The van der Waals surface area contributed by atoms with Gasteiger partial charge < -0.3 is 5.32 Å². The van der Waals surface area contributed by atoms with Crippen LogP contribution in [0.25, 0.3) is 0 Å². The van der Waals surface area contributed by atoms with Gasteiger partial charge in [-0.1, -0.05) is 43.0 Å². The minimum absolute atomic E-state index is 0.145. The van der Waals surface area contributed by atoms with Crippen LogP contribution in [0, 0.1) is 6.92 Å². The van der Waals surface area contributed by atoms with Crippen molar-refractivity contribution in [2.45, 2.75) is 68.8 Å². The molecule has 1 aliphatic carbocycles. The SMILES string of the molecule is Cc1ccc(S(=O)(=O)N2CCCCC2c2ccc(NC3CCCC3)nc2)cc1. The minimum Gasteiger partial charge on any atom is -0.367 e. The molecule has 0 bridgehead atoms. The van der Waals surface area contributed by atoms with Gasteiger partial charge in [0.1, 0.15) is 5.82 Å². The van der Waals surface area contributed by atoms with Crippen LogP contribution in [0.2, 0.25) is 0 Å². The second-order valence-electron chi connectivity index (χ2n) is 8.04. The Morgan fingerprint density at radius 3 is 2.36 bits per heavy atom. The lowest BCUT2D eigenvalue weighted by atomic mass is 9.99. The smallest absolute Gasteiger partial charge is 0.243 e. The maximum Gasteiger partial charge on any atom is 0.243 e. The number of sulfonamides is 1. The molecule has 1 aromatic heterocycles. The summed E-state index contributed by atoms with van der Waals surface area (Å²) in [5, 5.41) is 3.50. The normalized spacial score (nSPS) is 21.7. The predicted octanol–water partition coefficient (Wildman–Crippen LogP) is 4.66. The largest absolute Gasteiger partial charge is 0.367 e. The van der Waals surface area contributed by atoms with Gasteiger partial charge in [0, 0.05) is 18.8 Å². The van der Waals surface area contributed by atoms with Gasteiger partial charge in [0.2, 0.25) is 10.0 Å². The van der Waals surface area contributed by atoms with Gasteiger partial charge in [-0.25, -0.2) is 13.4 Å². The van der Waals surface area contributed by atoms with Gasteiger partial charge in [0.15, 0.2) is 0 Å². The van der Waals surface area contributed by atoms with Gasteiger partial charge in [-0.15, -0.1) is 0 Å². The fraction of sp³-hybridized carbons (Fsp3) is 0.500. The fourth-order valence-electron chi connectivity index (χ4n) is 4.34. The zero-order valence-corrected chi connectivity index (χ0v) is 17.3. The third-order valence-corrected chi connectivity index (χ3v) is 7.88. The number of piperidine rings is 1. The van der Waals surface area contributed by atoms with E-state index in [1.165, 1.54) is 25.7 Å². The Bertz CT molecular complexity index is 888. The standard InChI is InChI=1S/C22H29N3O2S/c1-17-9-12-20(13-10-17)28(26,27)25-15-5-4-8-21(25)18-11-14-22(23-16-18)24-19-6-2-3-7-19/h9-14,16,19,21H,2-8,15H2,1H3,(H,23,24). The second-order valence-corrected chi connectivity index (χ2v) is 9.93. The minimum atomic E-state index is -3.51. The number of nitrogens with one attached hydrogen (secondary N) is 1. The molecule has 2 aromatic rings. The van der Waals surface area contributed by atoms with Crippen LogP contribution in [-0.2, 0) is 10.0 Å². The van der Waals surface area contributed by atoms with E-state index in [9.17, 15) is 8.42 Å². The van der Waals surface area contributed by atoms with Crippen LogP contribution in [0.5, 0.6) is 0 Å². The molecule has 5 nitrogen and oxygen atoms in total. The maximum atomic E-state index is 13.3. The van der Waals surface area contributed by atoms with Gasteiger partial charge in [0.05, 0.1) is 10.9 Å². The number of anilines is 1. The number of aromatic nitrogens is 1. The fourth-order valence-corrected chi connectivity index (χ4v) is 6.02. The Morgan fingerprint density at radius 1 is 0.964 bits per heavy atom. The number of benzene rings is 1. The van der Waals surface area contributed by atoms with Crippen molar-refractivity contribution in [3.8, 4) is 0 Å². The van der Waals surface area contributed by atoms with Crippen molar-refractivity contribution in [1.29, 1.82) is 0 Å². The highest BCUT2D eigenvalue weighted by Crippen LogP contribution is 2.35. The third kappa shape index (κ3) is 4.08. The number of hydrogen-bond donors (Lipinski definition) is 1. The lowest BCUT2D eigenvalue weighted by Gasteiger charge is -2.35. The van der Waals surface area contributed by atoms with Crippen molar-refractivity contribution in [2.24, 2.45) is 0 Å². The van der Waals surface area contributed by atoms with Crippen LogP contribution in [0.4, 0.5) is 5.82 Å². The number of nitrogens with zero attached hydrogens (tertiary/aromatic N) is 2. The molecule has 2 aliphatic rings. The van der Waals surface area contributed by atoms with E-state index in [-0.39, 0.29) is 6.04 Å². The zero-order chi connectivity index (χ0) is 19.6. The molecule has 2 heterocycles. The molecule has 0 spiro atoms. The first-order chi connectivity index (χ1) is 13.5. The summed E-state index contributed by atoms with van der Waals surface area (Å²) in [5.74, 6) is 0.888. The number of rotatable bonds is 5. The maximum absolute atomic E-state index is 13.3. The first-order valence-corrected chi connectivity index (χ1v) is 11.8. The molecule has 1 aliphatic heterocycles. The van der Waals surface area contributed by atoms with E-state index in [0.717, 1.165) is 36.2 Å². The summed E-state index contributed by atoms with van der Waals surface area (Å²) in [7, 11) is -3.51. The van der Waals surface area contributed by atoms with E-state index < -0.39 is 10.0 Å². The Balaban J connectivity index is 1.55. The van der Waals surface area contributed by atoms with Crippen LogP contribution >= 0.6 is 0 Å². The average Bonchev–Trinajstić information content (AvgIpc) is 3.22. The lowest BCUT2D eigenvalue weighted by Crippen LogP contribution is -2.38. The van der Waals surface area contributed by atoms with E-state index in [1.807, 2.05) is 37.4 Å². The van der Waals surface area contributed by atoms with Crippen LogP contribution in [0.3, 0.4) is 0 Å². The van der Waals surface area contributed by atoms with Crippen LogP contribution in [0.15, 0.2) is 47.5 Å². The van der Waals surface area contributed by atoms with Gasteiger partial charge in [-0.05, 0) is 56.4 Å². The molecule has 1 unspecified atom stereocenters. The van der Waals surface area contributed by atoms with E-state index in [2.05, 4.69) is 10.3 Å². The average molecular weight is 400 g/mol. The van der Waals surface area contributed by atoms with Gasteiger partial charge in [-0.3, -0.25) is 0 Å². The van der Waals surface area contributed by atoms with Crippen LogP contribution < -0.4 is 5.32 Å². The first-order valence-electron chi connectivity index (χ1n) is 10.3. The summed E-state index contributed by atoms with van der Waals surface area (Å²) in [4.78, 5) is 4.96. The highest BCUT2D eigenvalue weighted by Gasteiger charge is 2.34. The molecule has 1 aromatic carbocycles. The predicted molar refractivity (Wildman–Crippen MR) is 112 cm³/mol. The van der Waals surface area contributed by atoms with E-state index in [1.54, 1.807) is 16.4 Å². The Labute approximate surface area is 168 Å². The molecule has 0 radical (unpaired) electrons. The van der Waals surface area contributed by atoms with Gasteiger partial charge >= 0.3 is 0 Å². The molecule has 1 N–H and O–H groups in total. The van der Waals surface area contributed by atoms with Gasteiger partial charge in [0.25, 0.3) is 0 Å². The topological polar surface area (TPSA) is 62.3 Å². The van der Waals surface area contributed by atoms with E-state index in [4.69, 9.17) is 0 Å². The molecule has 150 valence electrons. The molecule has 1 atom stereocenters. The third-order valence-electron chi connectivity index (χ3n) is 5.96. The molecule has 1 saturated carbocycles. The zero-order valence-electron chi connectivity index (χ0n) is 16.5. The summed E-state index contributed by atoms with van der Waals surface area (Å²) >= 11 is 0. The van der Waals surface area contributed by atoms with Crippen molar-refractivity contribution >= 4 is 15.8 Å². The number of pyridine rings is 1. The summed E-state index contributed by atoms with van der Waals surface area (Å²) in [6.07, 6.45) is 9.59. The quantitative estimate of drug-likeness (QED) is 0.794.